The third-order valence-corrected chi connectivity index (χ3v) is 4.69. The molecule has 1 aliphatic carbocycles. The lowest BCUT2D eigenvalue weighted by atomic mass is 9.94. The lowest BCUT2D eigenvalue weighted by Crippen LogP contribution is -2.39. The van der Waals surface area contributed by atoms with Crippen LogP contribution in [0.15, 0.2) is 41.7 Å². The number of nitrogens with one attached hydrogen (secondary N) is 1. The maximum atomic E-state index is 12.6. The SMILES string of the molecule is O=C(NC1CCOC2=C1C=CCC2)c1ccc2c(c1)CCCO2. The Kier molecular flexibility index (Phi) is 3.82. The highest BCUT2D eigenvalue weighted by atomic mass is 16.5. The number of carbonyl (C=O) groups is 1. The molecule has 4 nitrogen and oxygen atoms in total. The Morgan fingerprint density at radius 2 is 2.13 bits per heavy atom. The molecule has 4 rings (SSSR count). The molecule has 2 aliphatic heterocycles. The minimum Gasteiger partial charge on any atom is -0.497 e. The van der Waals surface area contributed by atoms with Gasteiger partial charge in [0.1, 0.15) is 11.5 Å². The van der Waals surface area contributed by atoms with Gasteiger partial charge in [0, 0.05) is 24.0 Å². The monoisotopic (exact) mass is 311 g/mol. The summed E-state index contributed by atoms with van der Waals surface area (Å²) < 4.78 is 11.3. The van der Waals surface area contributed by atoms with Gasteiger partial charge in [0.2, 0.25) is 0 Å². The van der Waals surface area contributed by atoms with Gasteiger partial charge in [-0.05, 0) is 43.0 Å². The first-order valence-corrected chi connectivity index (χ1v) is 8.40. The Balaban J connectivity index is 1.52. The number of rotatable bonds is 2. The number of hydrogen-bond donors (Lipinski definition) is 1. The molecule has 0 spiro atoms. The van der Waals surface area contributed by atoms with Gasteiger partial charge in [0.05, 0.1) is 19.3 Å². The largest absolute Gasteiger partial charge is 0.497 e. The highest BCUT2D eigenvalue weighted by Gasteiger charge is 2.26. The highest BCUT2D eigenvalue weighted by Crippen LogP contribution is 2.29. The van der Waals surface area contributed by atoms with Crippen LogP contribution < -0.4 is 10.1 Å². The first kappa shape index (κ1) is 14.4. The fourth-order valence-electron chi connectivity index (χ4n) is 3.48. The molecule has 1 aromatic rings. The number of ether oxygens (including phenoxy) is 2. The molecule has 1 atom stereocenters. The summed E-state index contributed by atoms with van der Waals surface area (Å²) in [5, 5.41) is 3.17. The molecule has 1 N–H and O–H groups in total. The van der Waals surface area contributed by atoms with E-state index >= 15 is 0 Å². The summed E-state index contributed by atoms with van der Waals surface area (Å²) in [4.78, 5) is 12.6. The zero-order valence-corrected chi connectivity index (χ0v) is 13.1. The van der Waals surface area contributed by atoms with E-state index in [2.05, 4.69) is 17.5 Å². The normalized spacial score (nSPS) is 22.5. The van der Waals surface area contributed by atoms with Crippen molar-refractivity contribution in [2.24, 2.45) is 0 Å². The van der Waals surface area contributed by atoms with Crippen LogP contribution in [0.25, 0.3) is 0 Å². The fraction of sp³-hybridized carbons (Fsp3) is 0.421. The van der Waals surface area contributed by atoms with Crippen molar-refractivity contribution in [3.8, 4) is 5.75 Å². The van der Waals surface area contributed by atoms with Gasteiger partial charge < -0.3 is 14.8 Å². The van der Waals surface area contributed by atoms with E-state index in [0.717, 1.165) is 61.4 Å². The summed E-state index contributed by atoms with van der Waals surface area (Å²) in [6.07, 6.45) is 9.03. The molecule has 2 heterocycles. The van der Waals surface area contributed by atoms with E-state index in [-0.39, 0.29) is 11.9 Å². The lowest BCUT2D eigenvalue weighted by Gasteiger charge is -2.30. The summed E-state index contributed by atoms with van der Waals surface area (Å²) in [6.45, 7) is 1.44. The zero-order valence-electron chi connectivity index (χ0n) is 13.1. The second-order valence-electron chi connectivity index (χ2n) is 6.26. The first-order valence-electron chi connectivity index (χ1n) is 8.40. The molecule has 0 radical (unpaired) electrons. The standard InChI is InChI=1S/C19H21NO3/c21-19(14-7-8-17-13(12-14)4-3-10-22-17)20-16-9-11-23-18-6-2-1-5-15(16)18/h1,5,7-8,12,16H,2-4,6,9-11H2,(H,20,21). The van der Waals surface area contributed by atoms with Crippen LogP contribution in [-0.4, -0.2) is 25.2 Å². The molecular weight excluding hydrogens is 290 g/mol. The average molecular weight is 311 g/mol. The average Bonchev–Trinajstić information content (AvgIpc) is 2.61. The Morgan fingerprint density at radius 3 is 3.09 bits per heavy atom. The first-order chi connectivity index (χ1) is 11.3. The van der Waals surface area contributed by atoms with Gasteiger partial charge in [0.15, 0.2) is 0 Å². The second-order valence-corrected chi connectivity index (χ2v) is 6.26. The van der Waals surface area contributed by atoms with Crippen LogP contribution in [0.5, 0.6) is 5.75 Å². The van der Waals surface area contributed by atoms with Gasteiger partial charge in [-0.2, -0.15) is 0 Å². The summed E-state index contributed by atoms with van der Waals surface area (Å²) in [5.41, 5.74) is 2.98. The Bertz CT molecular complexity index is 690. The van der Waals surface area contributed by atoms with E-state index in [1.54, 1.807) is 0 Å². The smallest absolute Gasteiger partial charge is 0.251 e. The van der Waals surface area contributed by atoms with Crippen molar-refractivity contribution in [1.29, 1.82) is 0 Å². The summed E-state index contributed by atoms with van der Waals surface area (Å²) in [5.74, 6) is 1.94. The molecule has 1 amide bonds. The van der Waals surface area contributed by atoms with Crippen LogP contribution in [0.2, 0.25) is 0 Å². The number of benzene rings is 1. The topological polar surface area (TPSA) is 47.6 Å². The van der Waals surface area contributed by atoms with Crippen LogP contribution in [0.4, 0.5) is 0 Å². The quantitative estimate of drug-likeness (QED) is 0.913. The van der Waals surface area contributed by atoms with Gasteiger partial charge in [-0.1, -0.05) is 12.2 Å². The Hall–Kier alpha value is -2.23. The van der Waals surface area contributed by atoms with Gasteiger partial charge in [-0.25, -0.2) is 0 Å². The molecule has 0 bridgehead atoms. The number of aryl methyl sites for hydroxylation is 1. The number of allylic oxidation sites excluding steroid dienone is 2. The molecule has 3 aliphatic rings. The van der Waals surface area contributed by atoms with E-state index in [4.69, 9.17) is 9.47 Å². The van der Waals surface area contributed by atoms with Crippen molar-refractivity contribution in [2.75, 3.05) is 13.2 Å². The van der Waals surface area contributed by atoms with E-state index in [1.165, 1.54) is 0 Å². The van der Waals surface area contributed by atoms with Gasteiger partial charge >= 0.3 is 0 Å². The molecule has 1 aromatic carbocycles. The third kappa shape index (κ3) is 2.85. The predicted molar refractivity (Wildman–Crippen MR) is 87.5 cm³/mol. The minimum absolute atomic E-state index is 0.0175. The Labute approximate surface area is 136 Å². The molecular formula is C19H21NO3. The zero-order chi connectivity index (χ0) is 15.6. The number of hydrogen-bond acceptors (Lipinski definition) is 3. The van der Waals surface area contributed by atoms with Crippen LogP contribution in [0.3, 0.4) is 0 Å². The van der Waals surface area contributed by atoms with Crippen molar-refractivity contribution in [3.05, 3.63) is 52.8 Å². The van der Waals surface area contributed by atoms with Gasteiger partial charge in [-0.3, -0.25) is 4.79 Å². The predicted octanol–water partition coefficient (Wildman–Crippen LogP) is 3.13. The van der Waals surface area contributed by atoms with Crippen LogP contribution in [0, 0.1) is 0 Å². The second kappa shape index (κ2) is 6.11. The molecule has 4 heteroatoms. The molecule has 23 heavy (non-hydrogen) atoms. The maximum Gasteiger partial charge on any atom is 0.251 e. The van der Waals surface area contributed by atoms with Crippen molar-refractivity contribution in [1.82, 2.24) is 5.32 Å². The van der Waals surface area contributed by atoms with E-state index in [9.17, 15) is 4.79 Å². The molecule has 0 saturated carbocycles. The highest BCUT2D eigenvalue weighted by molar-refractivity contribution is 5.95. The van der Waals surface area contributed by atoms with Crippen molar-refractivity contribution >= 4 is 5.91 Å². The Morgan fingerprint density at radius 1 is 1.17 bits per heavy atom. The molecule has 0 saturated heterocycles. The van der Waals surface area contributed by atoms with Crippen molar-refractivity contribution in [2.45, 2.75) is 38.1 Å². The van der Waals surface area contributed by atoms with Crippen molar-refractivity contribution in [3.63, 3.8) is 0 Å². The van der Waals surface area contributed by atoms with Crippen LogP contribution in [0.1, 0.15) is 41.6 Å². The maximum absolute atomic E-state index is 12.6. The van der Waals surface area contributed by atoms with E-state index in [1.807, 2.05) is 18.2 Å². The van der Waals surface area contributed by atoms with Crippen LogP contribution >= 0.6 is 0 Å². The van der Waals surface area contributed by atoms with Gasteiger partial charge in [0.25, 0.3) is 5.91 Å². The fourth-order valence-corrected chi connectivity index (χ4v) is 3.48. The number of carbonyl (C=O) groups excluding carboxylic acids is 1. The van der Waals surface area contributed by atoms with Crippen LogP contribution in [-0.2, 0) is 11.2 Å². The van der Waals surface area contributed by atoms with E-state index in [0.29, 0.717) is 12.2 Å². The summed E-state index contributed by atoms with van der Waals surface area (Å²) in [7, 11) is 0. The minimum atomic E-state index is -0.0175. The van der Waals surface area contributed by atoms with Crippen molar-refractivity contribution < 1.29 is 14.3 Å². The number of amides is 1. The molecule has 0 aromatic heterocycles. The molecule has 0 fully saturated rings. The molecule has 1 unspecified atom stereocenters. The van der Waals surface area contributed by atoms with Gasteiger partial charge in [-0.15, -0.1) is 0 Å². The molecule has 120 valence electrons. The summed E-state index contributed by atoms with van der Waals surface area (Å²) in [6, 6.07) is 5.79. The van der Waals surface area contributed by atoms with E-state index < -0.39 is 0 Å². The number of fused-ring (bicyclic) bond motifs is 1. The third-order valence-electron chi connectivity index (χ3n) is 4.69. The lowest BCUT2D eigenvalue weighted by molar-refractivity contribution is 0.0921. The summed E-state index contributed by atoms with van der Waals surface area (Å²) >= 11 is 0.